The van der Waals surface area contributed by atoms with Gasteiger partial charge >= 0.3 is 5.97 Å². The largest absolute Gasteiger partial charge is 0.482 e. The molecule has 9 heteroatoms. The molecule has 0 aliphatic heterocycles. The molecule has 0 spiro atoms. The highest BCUT2D eigenvalue weighted by Crippen LogP contribution is 2.31. The van der Waals surface area contributed by atoms with Crippen molar-refractivity contribution in [3.05, 3.63) is 113 Å². The van der Waals surface area contributed by atoms with E-state index in [0.717, 1.165) is 28.6 Å². The Morgan fingerprint density at radius 1 is 0.825 bits per heavy atom. The normalized spacial score (nSPS) is 11.1. The molecule has 8 nitrogen and oxygen atoms in total. The summed E-state index contributed by atoms with van der Waals surface area (Å²) >= 11 is 0. The predicted molar refractivity (Wildman–Crippen MR) is 157 cm³/mol. The number of carboxylic acids is 1. The third-order valence-electron chi connectivity index (χ3n) is 6.14. The van der Waals surface area contributed by atoms with Crippen LogP contribution in [0, 0.1) is 13.8 Å². The molecule has 0 radical (unpaired) electrons. The topological polar surface area (TPSA) is 105 Å². The number of ether oxygens (including phenoxy) is 2. The second kappa shape index (κ2) is 12.6. The van der Waals surface area contributed by atoms with E-state index in [4.69, 9.17) is 14.6 Å². The zero-order valence-corrected chi connectivity index (χ0v) is 23.4. The smallest absolute Gasteiger partial charge is 0.341 e. The lowest BCUT2D eigenvalue weighted by atomic mass is 10.1. The van der Waals surface area contributed by atoms with Crippen molar-refractivity contribution in [2.45, 2.75) is 26.9 Å². The van der Waals surface area contributed by atoms with Gasteiger partial charge in [0.2, 0.25) is 10.0 Å². The van der Waals surface area contributed by atoms with Crippen LogP contribution >= 0.6 is 0 Å². The van der Waals surface area contributed by atoms with E-state index in [1.165, 1.54) is 5.56 Å². The molecule has 0 aliphatic rings. The van der Waals surface area contributed by atoms with Crippen LogP contribution in [0.25, 0.3) is 0 Å². The van der Waals surface area contributed by atoms with Crippen LogP contribution in [-0.4, -0.2) is 32.4 Å². The summed E-state index contributed by atoms with van der Waals surface area (Å²) in [5.74, 6) is 0.514. The molecule has 4 aromatic carbocycles. The number of nitrogens with one attached hydrogen (secondary N) is 1. The molecule has 2 N–H and O–H groups in total. The summed E-state index contributed by atoms with van der Waals surface area (Å²) < 4.78 is 37.6. The van der Waals surface area contributed by atoms with Crippen LogP contribution in [0.4, 0.5) is 11.4 Å². The molecule has 0 aliphatic carbocycles. The number of carboxylic acid groups (broad SMARTS) is 1. The van der Waals surface area contributed by atoms with Crippen LogP contribution in [0.1, 0.15) is 22.3 Å². The van der Waals surface area contributed by atoms with Gasteiger partial charge in [-0.1, -0.05) is 54.1 Å². The standard InChI is InChI=1S/C31H32N2O6S/c1-22-10-12-24(13-11-22)19-33(30-9-5-8-29(23(30)2)32-40(3,36)37)20-25-14-16-26(17-15-25)39-28-7-4-6-27(18-28)38-21-31(34)35/h4-18,32H,19-21H2,1-3H3,(H,34,35). The number of nitrogens with zero attached hydrogens (tertiary/aromatic N) is 1. The van der Waals surface area contributed by atoms with Gasteiger partial charge in [0.25, 0.3) is 0 Å². The molecule has 0 fully saturated rings. The molecule has 40 heavy (non-hydrogen) atoms. The summed E-state index contributed by atoms with van der Waals surface area (Å²) in [6.45, 7) is 4.75. The minimum absolute atomic E-state index is 0.409. The number of benzene rings is 4. The Bertz CT molecular complexity index is 1570. The highest BCUT2D eigenvalue weighted by Gasteiger charge is 2.15. The van der Waals surface area contributed by atoms with E-state index in [1.54, 1.807) is 30.3 Å². The van der Waals surface area contributed by atoms with Crippen LogP contribution in [-0.2, 0) is 27.9 Å². The first-order valence-electron chi connectivity index (χ1n) is 12.6. The average molecular weight is 561 g/mol. The highest BCUT2D eigenvalue weighted by atomic mass is 32.2. The Hall–Kier alpha value is -4.50. The second-order valence-electron chi connectivity index (χ2n) is 9.57. The van der Waals surface area contributed by atoms with Crippen molar-refractivity contribution in [3.63, 3.8) is 0 Å². The average Bonchev–Trinajstić information content (AvgIpc) is 2.90. The Kier molecular flexibility index (Phi) is 8.96. The van der Waals surface area contributed by atoms with Gasteiger partial charge in [-0.2, -0.15) is 0 Å². The molecule has 4 rings (SSSR count). The summed E-state index contributed by atoms with van der Waals surface area (Å²) in [5.41, 5.74) is 5.67. The second-order valence-corrected chi connectivity index (χ2v) is 11.3. The number of anilines is 2. The van der Waals surface area contributed by atoms with Gasteiger partial charge < -0.3 is 19.5 Å². The van der Waals surface area contributed by atoms with E-state index in [1.807, 2.05) is 43.3 Å². The minimum Gasteiger partial charge on any atom is -0.482 e. The molecule has 0 unspecified atom stereocenters. The zero-order chi connectivity index (χ0) is 28.7. The lowest BCUT2D eigenvalue weighted by Gasteiger charge is -2.28. The van der Waals surface area contributed by atoms with E-state index in [0.29, 0.717) is 36.0 Å². The summed E-state index contributed by atoms with van der Waals surface area (Å²) in [4.78, 5) is 13.0. The number of hydrogen-bond acceptors (Lipinski definition) is 6. The Balaban J connectivity index is 1.55. The number of hydrogen-bond donors (Lipinski definition) is 2. The lowest BCUT2D eigenvalue weighted by Crippen LogP contribution is -2.23. The van der Waals surface area contributed by atoms with Crippen LogP contribution < -0.4 is 19.1 Å². The first-order chi connectivity index (χ1) is 19.1. The third kappa shape index (κ3) is 8.25. The van der Waals surface area contributed by atoms with Gasteiger partial charge in [-0.25, -0.2) is 13.2 Å². The van der Waals surface area contributed by atoms with Gasteiger partial charge in [-0.05, 0) is 66.9 Å². The zero-order valence-electron chi connectivity index (χ0n) is 22.6. The van der Waals surface area contributed by atoms with Crippen molar-refractivity contribution >= 4 is 27.4 Å². The van der Waals surface area contributed by atoms with Gasteiger partial charge in [-0.3, -0.25) is 4.72 Å². The molecule has 0 amide bonds. The van der Waals surface area contributed by atoms with Gasteiger partial charge in [0.05, 0.1) is 11.9 Å². The highest BCUT2D eigenvalue weighted by molar-refractivity contribution is 7.92. The summed E-state index contributed by atoms with van der Waals surface area (Å²) in [5, 5.41) is 8.82. The van der Waals surface area contributed by atoms with Crippen LogP contribution in [0.3, 0.4) is 0 Å². The summed E-state index contributed by atoms with van der Waals surface area (Å²) in [6.07, 6.45) is 1.14. The Labute approximate surface area is 234 Å². The fraction of sp³-hybridized carbons (Fsp3) is 0.194. The summed E-state index contributed by atoms with van der Waals surface area (Å²) in [7, 11) is -3.42. The molecule has 0 saturated carbocycles. The number of carbonyl (C=O) groups is 1. The number of sulfonamides is 1. The molecule has 0 heterocycles. The number of aryl methyl sites for hydroxylation is 1. The van der Waals surface area contributed by atoms with E-state index in [9.17, 15) is 13.2 Å². The van der Waals surface area contributed by atoms with Crippen molar-refractivity contribution in [1.29, 1.82) is 0 Å². The van der Waals surface area contributed by atoms with E-state index in [-0.39, 0.29) is 0 Å². The molecule has 4 aromatic rings. The van der Waals surface area contributed by atoms with Gasteiger partial charge in [-0.15, -0.1) is 0 Å². The molecular formula is C31H32N2O6S. The number of rotatable bonds is 12. The Morgan fingerprint density at radius 2 is 1.43 bits per heavy atom. The van der Waals surface area contributed by atoms with Crippen molar-refractivity contribution < 1.29 is 27.8 Å². The molecule has 0 atom stereocenters. The van der Waals surface area contributed by atoms with Crippen LogP contribution in [0.15, 0.2) is 91.0 Å². The fourth-order valence-corrected chi connectivity index (χ4v) is 4.83. The monoisotopic (exact) mass is 560 g/mol. The lowest BCUT2D eigenvalue weighted by molar-refractivity contribution is -0.139. The maximum Gasteiger partial charge on any atom is 0.341 e. The first kappa shape index (κ1) is 28.5. The van der Waals surface area contributed by atoms with Crippen molar-refractivity contribution in [1.82, 2.24) is 0 Å². The molecule has 0 aromatic heterocycles. The predicted octanol–water partition coefficient (Wildman–Crippen LogP) is 6.14. The van der Waals surface area contributed by atoms with Crippen molar-refractivity contribution in [2.75, 3.05) is 22.5 Å². The maximum absolute atomic E-state index is 11.9. The van der Waals surface area contributed by atoms with E-state index in [2.05, 4.69) is 40.8 Å². The van der Waals surface area contributed by atoms with Crippen LogP contribution in [0.2, 0.25) is 0 Å². The fourth-order valence-electron chi connectivity index (χ4n) is 4.21. The van der Waals surface area contributed by atoms with E-state index < -0.39 is 22.6 Å². The summed E-state index contributed by atoms with van der Waals surface area (Å²) in [6, 6.07) is 28.5. The Morgan fingerprint density at radius 3 is 2.05 bits per heavy atom. The molecule has 208 valence electrons. The molecule has 0 saturated heterocycles. The van der Waals surface area contributed by atoms with Gasteiger partial charge in [0, 0.05) is 24.8 Å². The third-order valence-corrected chi connectivity index (χ3v) is 6.73. The SMILES string of the molecule is Cc1ccc(CN(Cc2ccc(Oc3cccc(OCC(=O)O)c3)cc2)c2cccc(NS(C)(=O)=O)c2C)cc1. The quantitative estimate of drug-likeness (QED) is 0.215. The number of aliphatic carboxylic acids is 1. The first-order valence-corrected chi connectivity index (χ1v) is 14.5. The van der Waals surface area contributed by atoms with Crippen molar-refractivity contribution in [3.8, 4) is 17.2 Å². The van der Waals surface area contributed by atoms with Gasteiger partial charge in [0.1, 0.15) is 17.2 Å². The minimum atomic E-state index is -3.42. The van der Waals surface area contributed by atoms with E-state index >= 15 is 0 Å². The maximum atomic E-state index is 11.9. The van der Waals surface area contributed by atoms with Crippen molar-refractivity contribution in [2.24, 2.45) is 0 Å². The molecular weight excluding hydrogens is 528 g/mol. The van der Waals surface area contributed by atoms with Crippen LogP contribution in [0.5, 0.6) is 17.2 Å². The van der Waals surface area contributed by atoms with Gasteiger partial charge in [0.15, 0.2) is 6.61 Å². The molecule has 0 bridgehead atoms.